The van der Waals surface area contributed by atoms with Gasteiger partial charge < -0.3 is 10.2 Å². The Bertz CT molecular complexity index is 294. The van der Waals surface area contributed by atoms with Crippen molar-refractivity contribution in [1.82, 2.24) is 20.0 Å². The van der Waals surface area contributed by atoms with Crippen molar-refractivity contribution in [3.05, 3.63) is 0 Å². The van der Waals surface area contributed by atoms with Crippen LogP contribution >= 0.6 is 0 Å². The molecule has 1 atom stereocenters. The maximum Gasteiger partial charge on any atom is 0.236 e. The number of nitrogens with one attached hydrogen (secondary N) is 1. The first-order valence-electron chi connectivity index (χ1n) is 8.15. The van der Waals surface area contributed by atoms with Gasteiger partial charge >= 0.3 is 0 Å². The quantitative estimate of drug-likeness (QED) is 0.801. The minimum atomic E-state index is 0.311. The fourth-order valence-corrected chi connectivity index (χ4v) is 3.01. The van der Waals surface area contributed by atoms with Gasteiger partial charge in [-0.3, -0.25) is 14.6 Å². The lowest BCUT2D eigenvalue weighted by Gasteiger charge is -2.38. The van der Waals surface area contributed by atoms with Crippen LogP contribution in [0.5, 0.6) is 0 Å². The van der Waals surface area contributed by atoms with Gasteiger partial charge in [0.2, 0.25) is 5.91 Å². The fourth-order valence-electron chi connectivity index (χ4n) is 3.01. The van der Waals surface area contributed by atoms with Gasteiger partial charge in [-0.1, -0.05) is 6.92 Å². The zero-order valence-corrected chi connectivity index (χ0v) is 13.1. The third kappa shape index (κ3) is 4.43. The Balaban J connectivity index is 1.73. The molecule has 2 saturated heterocycles. The molecule has 1 amide bonds. The van der Waals surface area contributed by atoms with Crippen molar-refractivity contribution in [2.45, 2.75) is 32.7 Å². The minimum Gasteiger partial charge on any atom is -0.340 e. The van der Waals surface area contributed by atoms with E-state index in [0.29, 0.717) is 18.5 Å². The molecule has 116 valence electrons. The molecule has 0 aromatic carbocycles. The number of rotatable bonds is 4. The van der Waals surface area contributed by atoms with Crippen molar-refractivity contribution in [2.75, 3.05) is 58.9 Å². The van der Waals surface area contributed by atoms with E-state index in [1.807, 2.05) is 4.90 Å². The van der Waals surface area contributed by atoms with E-state index in [1.165, 1.54) is 6.42 Å². The molecule has 5 heteroatoms. The van der Waals surface area contributed by atoms with Crippen LogP contribution < -0.4 is 5.32 Å². The number of carbonyl (C=O) groups is 1. The molecular weight excluding hydrogens is 252 g/mol. The summed E-state index contributed by atoms with van der Waals surface area (Å²) in [5.74, 6) is 0.311. The molecule has 2 heterocycles. The van der Waals surface area contributed by atoms with Crippen LogP contribution in [0.25, 0.3) is 0 Å². The Labute approximate surface area is 123 Å². The van der Waals surface area contributed by atoms with Crippen LogP contribution in [0, 0.1) is 0 Å². The Hall–Kier alpha value is -0.650. The van der Waals surface area contributed by atoms with Gasteiger partial charge in [0.05, 0.1) is 6.54 Å². The van der Waals surface area contributed by atoms with Gasteiger partial charge in [-0.15, -0.1) is 0 Å². The highest BCUT2D eigenvalue weighted by atomic mass is 16.2. The van der Waals surface area contributed by atoms with Crippen LogP contribution in [0.1, 0.15) is 26.7 Å². The molecule has 0 spiro atoms. The summed E-state index contributed by atoms with van der Waals surface area (Å²) in [5.41, 5.74) is 0. The van der Waals surface area contributed by atoms with E-state index >= 15 is 0 Å². The summed E-state index contributed by atoms with van der Waals surface area (Å²) in [6, 6.07) is 0.671. The molecular formula is C15H30N4O. The van der Waals surface area contributed by atoms with E-state index in [4.69, 9.17) is 0 Å². The molecule has 2 aliphatic heterocycles. The molecule has 0 radical (unpaired) electrons. The van der Waals surface area contributed by atoms with Crippen LogP contribution in [0.2, 0.25) is 0 Å². The van der Waals surface area contributed by atoms with Gasteiger partial charge in [0.25, 0.3) is 0 Å². The second-order valence-electron chi connectivity index (χ2n) is 6.05. The first-order valence-corrected chi connectivity index (χ1v) is 8.15. The molecule has 0 aromatic rings. The third-order valence-corrected chi connectivity index (χ3v) is 4.67. The summed E-state index contributed by atoms with van der Waals surface area (Å²) < 4.78 is 0. The average Bonchev–Trinajstić information content (AvgIpc) is 2.76. The van der Waals surface area contributed by atoms with Crippen LogP contribution in [0.4, 0.5) is 0 Å². The highest BCUT2D eigenvalue weighted by molar-refractivity contribution is 5.78. The smallest absolute Gasteiger partial charge is 0.236 e. The van der Waals surface area contributed by atoms with Gasteiger partial charge in [-0.25, -0.2) is 0 Å². The molecule has 0 aromatic heterocycles. The van der Waals surface area contributed by atoms with E-state index in [1.54, 1.807) is 0 Å². The molecule has 20 heavy (non-hydrogen) atoms. The van der Waals surface area contributed by atoms with Gasteiger partial charge in [-0.05, 0) is 26.3 Å². The summed E-state index contributed by atoms with van der Waals surface area (Å²) in [6.07, 6.45) is 2.28. The lowest BCUT2D eigenvalue weighted by Crippen LogP contribution is -2.52. The molecule has 5 nitrogen and oxygen atoms in total. The van der Waals surface area contributed by atoms with Crippen molar-refractivity contribution in [3.8, 4) is 0 Å². The molecule has 2 aliphatic rings. The molecule has 2 rings (SSSR count). The Morgan fingerprint density at radius 3 is 2.55 bits per heavy atom. The predicted octanol–water partition coefficient (Wildman–Crippen LogP) is 0.224. The van der Waals surface area contributed by atoms with Crippen molar-refractivity contribution >= 4 is 5.91 Å². The van der Waals surface area contributed by atoms with Gasteiger partial charge in [0.15, 0.2) is 0 Å². The Morgan fingerprint density at radius 1 is 1.10 bits per heavy atom. The minimum absolute atomic E-state index is 0.311. The topological polar surface area (TPSA) is 38.8 Å². The van der Waals surface area contributed by atoms with Crippen molar-refractivity contribution in [2.24, 2.45) is 0 Å². The van der Waals surface area contributed by atoms with E-state index in [0.717, 1.165) is 58.8 Å². The molecule has 1 N–H and O–H groups in total. The second kappa shape index (κ2) is 7.96. The normalized spacial score (nSPS) is 24.4. The number of amides is 1. The number of piperazine rings is 1. The molecule has 1 unspecified atom stereocenters. The van der Waals surface area contributed by atoms with Crippen molar-refractivity contribution < 1.29 is 4.79 Å². The maximum absolute atomic E-state index is 12.3. The number of carbonyl (C=O) groups excluding carboxylic acids is 1. The molecule has 0 saturated carbocycles. The predicted molar refractivity (Wildman–Crippen MR) is 81.8 cm³/mol. The van der Waals surface area contributed by atoms with E-state index in [-0.39, 0.29) is 0 Å². The van der Waals surface area contributed by atoms with Crippen molar-refractivity contribution in [3.63, 3.8) is 0 Å². The summed E-state index contributed by atoms with van der Waals surface area (Å²) in [5, 5.41) is 3.35. The number of hydrogen-bond acceptors (Lipinski definition) is 4. The van der Waals surface area contributed by atoms with Crippen molar-refractivity contribution in [1.29, 1.82) is 0 Å². The van der Waals surface area contributed by atoms with Crippen LogP contribution in [-0.4, -0.2) is 85.6 Å². The second-order valence-corrected chi connectivity index (χ2v) is 6.05. The highest BCUT2D eigenvalue weighted by Crippen LogP contribution is 2.09. The Kier molecular flexibility index (Phi) is 6.26. The first-order chi connectivity index (χ1) is 9.70. The monoisotopic (exact) mass is 282 g/mol. The number of nitrogens with zero attached hydrogens (tertiary/aromatic N) is 3. The summed E-state index contributed by atoms with van der Waals surface area (Å²) in [6.45, 7) is 13.2. The summed E-state index contributed by atoms with van der Waals surface area (Å²) in [7, 11) is 0. The van der Waals surface area contributed by atoms with Gasteiger partial charge in [-0.2, -0.15) is 0 Å². The summed E-state index contributed by atoms with van der Waals surface area (Å²) in [4.78, 5) is 19.2. The number of hydrogen-bond donors (Lipinski definition) is 1. The molecule has 0 aliphatic carbocycles. The van der Waals surface area contributed by atoms with E-state index < -0.39 is 0 Å². The first kappa shape index (κ1) is 15.7. The van der Waals surface area contributed by atoms with E-state index in [2.05, 4.69) is 29.0 Å². The summed E-state index contributed by atoms with van der Waals surface area (Å²) >= 11 is 0. The molecule has 2 fully saturated rings. The van der Waals surface area contributed by atoms with Crippen LogP contribution in [-0.2, 0) is 4.79 Å². The average molecular weight is 282 g/mol. The zero-order valence-electron chi connectivity index (χ0n) is 13.1. The van der Waals surface area contributed by atoms with Crippen LogP contribution in [0.15, 0.2) is 0 Å². The largest absolute Gasteiger partial charge is 0.340 e. The Morgan fingerprint density at radius 2 is 1.85 bits per heavy atom. The van der Waals surface area contributed by atoms with Crippen LogP contribution in [0.3, 0.4) is 0 Å². The lowest BCUT2D eigenvalue weighted by atomic mass is 10.2. The lowest BCUT2D eigenvalue weighted by molar-refractivity contribution is -0.132. The third-order valence-electron chi connectivity index (χ3n) is 4.67. The maximum atomic E-state index is 12.3. The van der Waals surface area contributed by atoms with Gasteiger partial charge in [0, 0.05) is 51.9 Å². The van der Waals surface area contributed by atoms with Gasteiger partial charge in [0.1, 0.15) is 0 Å². The SMILES string of the molecule is CCC(C)N1CCN(CC(=O)N2CCCNCC2)CC1. The highest BCUT2D eigenvalue weighted by Gasteiger charge is 2.23. The van der Waals surface area contributed by atoms with E-state index in [9.17, 15) is 4.79 Å². The fraction of sp³-hybridized carbons (Fsp3) is 0.933. The molecule has 0 bridgehead atoms. The standard InChI is InChI=1S/C15H30N4O/c1-3-14(2)18-11-9-17(10-12-18)13-15(20)19-7-4-5-16-6-8-19/h14,16H,3-13H2,1-2H3. The zero-order chi connectivity index (χ0) is 14.4.